The molecular weight excluding hydrogens is 466 g/mol. The van der Waals surface area contributed by atoms with Crippen molar-refractivity contribution in [1.29, 1.82) is 0 Å². The summed E-state index contributed by atoms with van der Waals surface area (Å²) in [6.07, 6.45) is 9.01. The van der Waals surface area contributed by atoms with Crippen LogP contribution in [0.2, 0.25) is 0 Å². The van der Waals surface area contributed by atoms with Gasteiger partial charge in [-0.1, -0.05) is 32.8 Å². The summed E-state index contributed by atoms with van der Waals surface area (Å²) >= 11 is 2.87. The average molecular weight is 505 g/mol. The van der Waals surface area contributed by atoms with Crippen LogP contribution >= 0.6 is 22.7 Å². The molecule has 0 spiro atoms. The minimum absolute atomic E-state index is 0.165. The van der Waals surface area contributed by atoms with Crippen molar-refractivity contribution in [3.05, 3.63) is 44.3 Å². The van der Waals surface area contributed by atoms with Gasteiger partial charge in [0.2, 0.25) is 5.60 Å². The molecule has 34 heavy (non-hydrogen) atoms. The Kier molecular flexibility index (Phi) is 6.94. The number of quaternary nitrogens is 1. The van der Waals surface area contributed by atoms with Gasteiger partial charge in [0.25, 0.3) is 0 Å². The largest absolute Gasteiger partial charge is 0.459 e. The van der Waals surface area contributed by atoms with E-state index in [1.807, 2.05) is 23.6 Å². The van der Waals surface area contributed by atoms with Gasteiger partial charge in [0.05, 0.1) is 23.3 Å². The number of likely N-dealkylation sites (N-methyl/N-ethyl adjacent to an activating group) is 1. The van der Waals surface area contributed by atoms with Crippen LogP contribution in [0.3, 0.4) is 0 Å². The van der Waals surface area contributed by atoms with Crippen LogP contribution in [-0.2, 0) is 26.3 Å². The van der Waals surface area contributed by atoms with Crippen LogP contribution in [0.1, 0.15) is 74.1 Å². The highest BCUT2D eigenvalue weighted by atomic mass is 32.1. The van der Waals surface area contributed by atoms with Crippen molar-refractivity contribution in [2.75, 3.05) is 13.6 Å². The molecule has 3 saturated heterocycles. The van der Waals surface area contributed by atoms with E-state index in [0.29, 0.717) is 34.0 Å². The molecule has 0 radical (unpaired) electrons. The summed E-state index contributed by atoms with van der Waals surface area (Å²) in [4.78, 5) is 15.0. The van der Waals surface area contributed by atoms with Crippen molar-refractivity contribution < 1.29 is 23.9 Å². The fourth-order valence-corrected chi connectivity index (χ4v) is 8.25. The number of thiophene rings is 2. The number of epoxide rings is 1. The first kappa shape index (κ1) is 24.4. The van der Waals surface area contributed by atoms with Gasteiger partial charge in [-0.25, -0.2) is 4.79 Å². The SMILES string of the molecule is CCCCC[N+]1(C)C2CC(OC(=O)C(O)(c3cccs3)c3cc(CCCC)cs3)CC1C1OC12. The van der Waals surface area contributed by atoms with Crippen molar-refractivity contribution in [1.82, 2.24) is 0 Å². The first-order valence-corrected chi connectivity index (χ1v) is 14.7. The number of hydrogen-bond donors (Lipinski definition) is 1. The quantitative estimate of drug-likeness (QED) is 0.197. The number of carbonyl (C=O) groups is 1. The standard InChI is InChI=1S/C27H38NO4S2/c1-4-6-8-12-28(3)20-15-19(16-21(28)25-24(20)32-25)31-26(29)27(30,22-11-9-13-33-22)23-14-18(17-34-23)10-7-5-2/h9,11,13-14,17,19-21,24-25,30H,4-8,10,12,15-16H2,1-3H3/q+1. The molecule has 186 valence electrons. The van der Waals surface area contributed by atoms with Gasteiger partial charge in [-0.15, -0.1) is 22.7 Å². The van der Waals surface area contributed by atoms with E-state index in [2.05, 4.69) is 26.3 Å². The van der Waals surface area contributed by atoms with Crippen molar-refractivity contribution in [2.24, 2.45) is 0 Å². The maximum absolute atomic E-state index is 13.7. The molecule has 3 aliphatic heterocycles. The second-order valence-electron chi connectivity index (χ2n) is 10.6. The zero-order valence-corrected chi connectivity index (χ0v) is 22.2. The lowest BCUT2D eigenvalue weighted by molar-refractivity contribution is -0.956. The molecule has 0 aliphatic carbocycles. The second kappa shape index (κ2) is 9.66. The van der Waals surface area contributed by atoms with Gasteiger partial charge in [-0.3, -0.25) is 0 Å². The first-order chi connectivity index (χ1) is 16.4. The summed E-state index contributed by atoms with van der Waals surface area (Å²) in [5.74, 6) is -0.528. The van der Waals surface area contributed by atoms with Crippen LogP contribution in [0.4, 0.5) is 0 Å². The van der Waals surface area contributed by atoms with E-state index < -0.39 is 11.6 Å². The normalized spacial score (nSPS) is 33.4. The molecule has 5 rings (SSSR count). The van der Waals surface area contributed by atoms with Crippen LogP contribution in [0.5, 0.6) is 0 Å². The highest BCUT2D eigenvalue weighted by Crippen LogP contribution is 2.53. The molecule has 0 aromatic carbocycles. The number of morpholine rings is 1. The molecule has 2 bridgehead atoms. The van der Waals surface area contributed by atoms with E-state index in [1.165, 1.54) is 54.0 Å². The molecule has 3 aliphatic rings. The van der Waals surface area contributed by atoms with Gasteiger partial charge < -0.3 is 19.1 Å². The summed E-state index contributed by atoms with van der Waals surface area (Å²) in [6.45, 7) is 5.59. The molecule has 1 N–H and O–H groups in total. The Hall–Kier alpha value is -1.25. The number of aliphatic hydroxyl groups is 1. The summed E-state index contributed by atoms with van der Waals surface area (Å²) in [6, 6.07) is 6.49. The molecule has 5 unspecified atom stereocenters. The number of carbonyl (C=O) groups excluding carboxylic acids is 1. The zero-order valence-electron chi connectivity index (χ0n) is 20.6. The fourth-order valence-electron chi connectivity index (χ4n) is 6.31. The van der Waals surface area contributed by atoms with Gasteiger partial charge in [0, 0.05) is 12.8 Å². The molecule has 7 heteroatoms. The maximum atomic E-state index is 13.7. The molecule has 5 heterocycles. The first-order valence-electron chi connectivity index (χ1n) is 13.0. The Labute approximate surface area is 211 Å². The van der Waals surface area contributed by atoms with E-state index in [1.54, 1.807) is 0 Å². The number of fused-ring (bicyclic) bond motifs is 5. The molecule has 5 atom stereocenters. The lowest BCUT2D eigenvalue weighted by Crippen LogP contribution is -2.63. The summed E-state index contributed by atoms with van der Waals surface area (Å²) in [5, 5.41) is 15.8. The van der Waals surface area contributed by atoms with Crippen LogP contribution in [0, 0.1) is 0 Å². The third-order valence-electron chi connectivity index (χ3n) is 8.36. The van der Waals surface area contributed by atoms with Crippen molar-refractivity contribution in [2.45, 2.75) is 101 Å². The van der Waals surface area contributed by atoms with E-state index in [9.17, 15) is 9.90 Å². The Balaban J connectivity index is 1.33. The number of ether oxygens (including phenoxy) is 2. The van der Waals surface area contributed by atoms with Crippen molar-refractivity contribution in [3.63, 3.8) is 0 Å². The number of hydrogen-bond acceptors (Lipinski definition) is 6. The van der Waals surface area contributed by atoms with Gasteiger partial charge >= 0.3 is 5.97 Å². The molecule has 0 saturated carbocycles. The van der Waals surface area contributed by atoms with Crippen LogP contribution in [0.25, 0.3) is 0 Å². The Morgan fingerprint density at radius 1 is 1.15 bits per heavy atom. The number of unbranched alkanes of at least 4 members (excludes halogenated alkanes) is 3. The number of piperidine rings is 1. The summed E-state index contributed by atoms with van der Waals surface area (Å²) in [7, 11) is 2.38. The van der Waals surface area contributed by atoms with Gasteiger partial charge in [-0.05, 0) is 54.1 Å². The Morgan fingerprint density at radius 2 is 1.88 bits per heavy atom. The molecular formula is C27H38NO4S2+. The number of esters is 1. The van der Waals surface area contributed by atoms with Crippen molar-refractivity contribution >= 4 is 28.6 Å². The predicted molar refractivity (Wildman–Crippen MR) is 136 cm³/mol. The zero-order chi connectivity index (χ0) is 23.9. The third kappa shape index (κ3) is 4.17. The predicted octanol–water partition coefficient (Wildman–Crippen LogP) is 5.25. The van der Waals surface area contributed by atoms with Crippen LogP contribution in [-0.4, -0.2) is 59.5 Å². The van der Waals surface area contributed by atoms with Crippen LogP contribution in [0.15, 0.2) is 29.0 Å². The summed E-state index contributed by atoms with van der Waals surface area (Å²) in [5.41, 5.74) is -0.559. The maximum Gasteiger partial charge on any atom is 0.349 e. The topological polar surface area (TPSA) is 59.1 Å². The molecule has 5 nitrogen and oxygen atoms in total. The van der Waals surface area contributed by atoms with E-state index in [0.717, 1.165) is 36.6 Å². The highest BCUT2D eigenvalue weighted by molar-refractivity contribution is 7.12. The fraction of sp³-hybridized carbons (Fsp3) is 0.667. The highest BCUT2D eigenvalue weighted by Gasteiger charge is 2.72. The smallest absolute Gasteiger partial charge is 0.349 e. The second-order valence-corrected chi connectivity index (χ2v) is 12.4. The minimum atomic E-state index is -1.74. The molecule has 3 fully saturated rings. The third-order valence-corrected chi connectivity index (χ3v) is 10.4. The molecule has 0 amide bonds. The van der Waals surface area contributed by atoms with E-state index in [-0.39, 0.29) is 6.10 Å². The van der Waals surface area contributed by atoms with Gasteiger partial charge in [0.15, 0.2) is 0 Å². The van der Waals surface area contributed by atoms with Crippen LogP contribution < -0.4 is 0 Å². The monoisotopic (exact) mass is 504 g/mol. The van der Waals surface area contributed by atoms with Gasteiger partial charge in [-0.2, -0.15) is 0 Å². The van der Waals surface area contributed by atoms with E-state index in [4.69, 9.17) is 9.47 Å². The lowest BCUT2D eigenvalue weighted by Gasteiger charge is -2.48. The Morgan fingerprint density at radius 3 is 2.53 bits per heavy atom. The lowest BCUT2D eigenvalue weighted by atomic mass is 9.94. The summed E-state index contributed by atoms with van der Waals surface area (Å²) < 4.78 is 13.2. The average Bonchev–Trinajstić information content (AvgIpc) is 3.13. The number of nitrogens with zero attached hydrogens (tertiary/aromatic N) is 1. The number of aryl methyl sites for hydroxylation is 1. The number of rotatable bonds is 11. The van der Waals surface area contributed by atoms with E-state index >= 15 is 0 Å². The minimum Gasteiger partial charge on any atom is -0.459 e. The molecule has 2 aromatic heterocycles. The van der Waals surface area contributed by atoms with Gasteiger partial charge in [0.1, 0.15) is 30.4 Å². The van der Waals surface area contributed by atoms with Crippen molar-refractivity contribution in [3.8, 4) is 0 Å². The Bertz CT molecular complexity index is 971. The molecule has 2 aromatic rings.